The smallest absolute Gasteiger partial charge is 0.297 e. The average Bonchev–Trinajstić information content (AvgIpc) is 2.46. The van der Waals surface area contributed by atoms with Gasteiger partial charge >= 0.3 is 6.18 Å². The first-order valence-electron chi connectivity index (χ1n) is 6.69. The number of carbonyl (C=O) groups excluding carboxylic acids is 1. The lowest BCUT2D eigenvalue weighted by molar-refractivity contribution is -0.184. The first-order valence-corrected chi connectivity index (χ1v) is 7.12. The SMILES string of the molecule is O=C(C1CCC(C(F)(F)F)CC1)C(Cl)c1ccccc1. The monoisotopic (exact) mass is 304 g/mol. The summed E-state index contributed by atoms with van der Waals surface area (Å²) >= 11 is 6.14. The van der Waals surface area contributed by atoms with E-state index in [9.17, 15) is 18.0 Å². The minimum absolute atomic E-state index is 0.0261. The Labute approximate surface area is 121 Å². The van der Waals surface area contributed by atoms with E-state index in [1.807, 2.05) is 6.07 Å². The van der Waals surface area contributed by atoms with E-state index in [2.05, 4.69) is 0 Å². The summed E-state index contributed by atoms with van der Waals surface area (Å²) in [5, 5.41) is -0.761. The molecule has 0 radical (unpaired) electrons. The van der Waals surface area contributed by atoms with E-state index >= 15 is 0 Å². The molecule has 2 rings (SSSR count). The van der Waals surface area contributed by atoms with Crippen molar-refractivity contribution in [3.63, 3.8) is 0 Å². The minimum atomic E-state index is -4.15. The summed E-state index contributed by atoms with van der Waals surface area (Å²) in [5.41, 5.74) is 0.706. The van der Waals surface area contributed by atoms with Crippen LogP contribution in [-0.2, 0) is 4.79 Å². The Bertz CT molecular complexity index is 450. The third-order valence-electron chi connectivity index (χ3n) is 3.93. The van der Waals surface area contributed by atoms with Crippen LogP contribution in [0.25, 0.3) is 0 Å². The summed E-state index contributed by atoms with van der Waals surface area (Å²) in [6, 6.07) is 8.93. The van der Waals surface area contributed by atoms with Crippen molar-refractivity contribution >= 4 is 17.4 Å². The van der Waals surface area contributed by atoms with Gasteiger partial charge in [-0.1, -0.05) is 30.3 Å². The van der Waals surface area contributed by atoms with Gasteiger partial charge in [0.25, 0.3) is 0 Å². The van der Waals surface area contributed by atoms with Gasteiger partial charge in [-0.3, -0.25) is 4.79 Å². The van der Waals surface area contributed by atoms with Gasteiger partial charge in [0, 0.05) is 5.92 Å². The predicted octanol–water partition coefficient (Wildman–Crippen LogP) is 4.90. The molecule has 1 nitrogen and oxygen atoms in total. The lowest BCUT2D eigenvalue weighted by Crippen LogP contribution is -2.31. The van der Waals surface area contributed by atoms with Crippen molar-refractivity contribution in [2.24, 2.45) is 11.8 Å². The average molecular weight is 305 g/mol. The van der Waals surface area contributed by atoms with Crippen LogP contribution in [0, 0.1) is 11.8 Å². The van der Waals surface area contributed by atoms with E-state index < -0.39 is 17.5 Å². The number of halogens is 4. The van der Waals surface area contributed by atoms with Crippen molar-refractivity contribution in [1.29, 1.82) is 0 Å². The van der Waals surface area contributed by atoms with E-state index in [0.29, 0.717) is 5.56 Å². The van der Waals surface area contributed by atoms with E-state index in [1.165, 1.54) is 0 Å². The van der Waals surface area contributed by atoms with E-state index in [0.717, 1.165) is 0 Å². The molecule has 0 N–H and O–H groups in total. The van der Waals surface area contributed by atoms with Gasteiger partial charge in [0.2, 0.25) is 0 Å². The van der Waals surface area contributed by atoms with E-state index in [-0.39, 0.29) is 37.4 Å². The number of ketones is 1. The summed E-state index contributed by atoms with van der Waals surface area (Å²) in [4.78, 5) is 12.2. The van der Waals surface area contributed by atoms with Crippen LogP contribution in [0.1, 0.15) is 36.6 Å². The van der Waals surface area contributed by atoms with Crippen molar-refractivity contribution in [2.75, 3.05) is 0 Å². The minimum Gasteiger partial charge on any atom is -0.297 e. The van der Waals surface area contributed by atoms with Crippen LogP contribution in [-0.4, -0.2) is 12.0 Å². The molecule has 5 heteroatoms. The van der Waals surface area contributed by atoms with Crippen molar-refractivity contribution < 1.29 is 18.0 Å². The molecule has 1 atom stereocenters. The molecule has 1 aromatic rings. The maximum absolute atomic E-state index is 12.6. The quantitative estimate of drug-likeness (QED) is 0.726. The van der Waals surface area contributed by atoms with Crippen molar-refractivity contribution in [3.05, 3.63) is 35.9 Å². The maximum atomic E-state index is 12.6. The fraction of sp³-hybridized carbons (Fsp3) is 0.533. The molecule has 1 aliphatic rings. The van der Waals surface area contributed by atoms with Gasteiger partial charge in [0.1, 0.15) is 5.38 Å². The van der Waals surface area contributed by atoms with Crippen LogP contribution in [0.3, 0.4) is 0 Å². The van der Waals surface area contributed by atoms with E-state index in [1.54, 1.807) is 24.3 Å². The molecule has 0 saturated heterocycles. The molecule has 0 spiro atoms. The lowest BCUT2D eigenvalue weighted by Gasteiger charge is -2.30. The van der Waals surface area contributed by atoms with Crippen LogP contribution in [0.4, 0.5) is 13.2 Å². The molecule has 20 heavy (non-hydrogen) atoms. The highest BCUT2D eigenvalue weighted by molar-refractivity contribution is 6.31. The molecule has 1 fully saturated rings. The van der Waals surface area contributed by atoms with Gasteiger partial charge in [-0.2, -0.15) is 13.2 Å². The molecule has 0 heterocycles. The van der Waals surface area contributed by atoms with Crippen LogP contribution >= 0.6 is 11.6 Å². The van der Waals surface area contributed by atoms with Crippen molar-refractivity contribution in [1.82, 2.24) is 0 Å². The Morgan fingerprint density at radius 2 is 1.65 bits per heavy atom. The second-order valence-corrected chi connectivity index (χ2v) is 5.70. The molecule has 0 aliphatic heterocycles. The molecular weight excluding hydrogens is 289 g/mol. The molecule has 1 aliphatic carbocycles. The molecule has 0 aromatic heterocycles. The zero-order valence-electron chi connectivity index (χ0n) is 10.9. The van der Waals surface area contributed by atoms with Gasteiger partial charge in [0.05, 0.1) is 5.92 Å². The van der Waals surface area contributed by atoms with Crippen molar-refractivity contribution in [3.8, 4) is 0 Å². The summed E-state index contributed by atoms with van der Waals surface area (Å²) in [5.74, 6) is -1.77. The summed E-state index contributed by atoms with van der Waals surface area (Å²) in [6.07, 6.45) is -3.54. The fourth-order valence-electron chi connectivity index (χ4n) is 2.70. The summed E-state index contributed by atoms with van der Waals surface area (Å²) in [7, 11) is 0. The Balaban J connectivity index is 1.95. The topological polar surface area (TPSA) is 17.1 Å². The molecular formula is C15H16ClF3O. The van der Waals surface area contributed by atoms with Crippen LogP contribution < -0.4 is 0 Å². The first-order chi connectivity index (χ1) is 9.39. The zero-order chi connectivity index (χ0) is 14.8. The van der Waals surface area contributed by atoms with Gasteiger partial charge in [-0.05, 0) is 31.2 Å². The molecule has 1 aromatic carbocycles. The number of carbonyl (C=O) groups is 1. The number of benzene rings is 1. The van der Waals surface area contributed by atoms with Crippen LogP contribution in [0.5, 0.6) is 0 Å². The van der Waals surface area contributed by atoms with Crippen molar-refractivity contribution in [2.45, 2.75) is 37.2 Å². The fourth-order valence-corrected chi connectivity index (χ4v) is 3.02. The zero-order valence-corrected chi connectivity index (χ0v) is 11.6. The third kappa shape index (κ3) is 3.54. The Hall–Kier alpha value is -1.03. The van der Waals surface area contributed by atoms with E-state index in [4.69, 9.17) is 11.6 Å². The molecule has 0 amide bonds. The normalized spacial score (nSPS) is 25.2. The van der Waals surface area contributed by atoms with Crippen LogP contribution in [0.2, 0.25) is 0 Å². The van der Waals surface area contributed by atoms with Gasteiger partial charge < -0.3 is 0 Å². The molecule has 110 valence electrons. The first kappa shape index (κ1) is 15.4. The van der Waals surface area contributed by atoms with Gasteiger partial charge in [0.15, 0.2) is 5.78 Å². The number of hydrogen-bond donors (Lipinski definition) is 0. The van der Waals surface area contributed by atoms with Crippen LogP contribution in [0.15, 0.2) is 30.3 Å². The maximum Gasteiger partial charge on any atom is 0.391 e. The third-order valence-corrected chi connectivity index (χ3v) is 4.40. The number of hydrogen-bond acceptors (Lipinski definition) is 1. The molecule has 1 saturated carbocycles. The highest BCUT2D eigenvalue weighted by Gasteiger charge is 2.43. The lowest BCUT2D eigenvalue weighted by atomic mass is 9.78. The number of Topliss-reactive ketones (excluding diaryl/α,β-unsaturated/α-hetero) is 1. The largest absolute Gasteiger partial charge is 0.391 e. The second kappa shape index (κ2) is 6.17. The predicted molar refractivity (Wildman–Crippen MR) is 71.5 cm³/mol. The standard InChI is InChI=1S/C15H16ClF3O/c16-13(10-4-2-1-3-5-10)14(20)11-6-8-12(9-7-11)15(17,18)19/h1-5,11-13H,6-9H2. The number of alkyl halides is 4. The summed E-state index contributed by atoms with van der Waals surface area (Å²) in [6.45, 7) is 0. The summed E-state index contributed by atoms with van der Waals surface area (Å²) < 4.78 is 37.7. The number of rotatable bonds is 3. The van der Waals surface area contributed by atoms with Gasteiger partial charge in [-0.15, -0.1) is 11.6 Å². The highest BCUT2D eigenvalue weighted by atomic mass is 35.5. The molecule has 0 bridgehead atoms. The molecule has 1 unspecified atom stereocenters. The Morgan fingerprint density at radius 1 is 1.10 bits per heavy atom. The second-order valence-electron chi connectivity index (χ2n) is 5.27. The Morgan fingerprint density at radius 3 is 2.15 bits per heavy atom. The highest BCUT2D eigenvalue weighted by Crippen LogP contribution is 2.41. The van der Waals surface area contributed by atoms with Gasteiger partial charge in [-0.25, -0.2) is 0 Å². The Kier molecular flexibility index (Phi) is 4.74.